The van der Waals surface area contributed by atoms with E-state index in [1.54, 1.807) is 0 Å². The number of benzene rings is 1. The monoisotopic (exact) mass is 318 g/mol. The van der Waals surface area contributed by atoms with Gasteiger partial charge in [-0.15, -0.1) is 0 Å². The third-order valence-electron chi connectivity index (χ3n) is 4.42. The molecule has 2 aromatic rings. The van der Waals surface area contributed by atoms with E-state index in [0.29, 0.717) is 12.8 Å². The first-order chi connectivity index (χ1) is 11.0. The molecule has 3 N–H and O–H groups in total. The molecule has 1 saturated carbocycles. The number of aliphatic hydroxyl groups is 1. The maximum absolute atomic E-state index is 13.8. The van der Waals surface area contributed by atoms with Gasteiger partial charge in [-0.1, -0.05) is 25.3 Å². The highest BCUT2D eigenvalue weighted by Gasteiger charge is 2.29. The lowest BCUT2D eigenvalue weighted by Gasteiger charge is -2.32. The average molecular weight is 318 g/mol. The Morgan fingerprint density at radius 2 is 2.04 bits per heavy atom. The maximum Gasteiger partial charge on any atom is 0.267 e. The van der Waals surface area contributed by atoms with E-state index in [9.17, 15) is 19.1 Å². The molecule has 1 amide bonds. The van der Waals surface area contributed by atoms with Crippen LogP contribution in [0, 0.1) is 5.82 Å². The number of carbonyl (C=O) groups is 1. The highest BCUT2D eigenvalue weighted by Crippen LogP contribution is 2.27. The Balaban J connectivity index is 1.81. The Bertz CT molecular complexity index is 794. The largest absolute Gasteiger partial charge is 0.388 e. The number of hydrogen-bond donors (Lipinski definition) is 3. The third kappa shape index (κ3) is 3.27. The zero-order valence-corrected chi connectivity index (χ0v) is 12.7. The van der Waals surface area contributed by atoms with Crippen LogP contribution in [0.2, 0.25) is 0 Å². The lowest BCUT2D eigenvalue weighted by Crippen LogP contribution is -2.44. The van der Waals surface area contributed by atoms with E-state index in [1.165, 1.54) is 18.2 Å². The van der Waals surface area contributed by atoms with Crippen molar-refractivity contribution in [1.29, 1.82) is 0 Å². The zero-order chi connectivity index (χ0) is 16.4. The predicted octanol–water partition coefficient (Wildman–Crippen LogP) is 2.09. The van der Waals surface area contributed by atoms with Gasteiger partial charge in [0.05, 0.1) is 11.1 Å². The topological polar surface area (TPSA) is 82.2 Å². The van der Waals surface area contributed by atoms with Crippen LogP contribution in [0.25, 0.3) is 10.9 Å². The summed E-state index contributed by atoms with van der Waals surface area (Å²) in [6.45, 7) is 0.128. The number of aromatic amines is 1. The van der Waals surface area contributed by atoms with Gasteiger partial charge in [0.2, 0.25) is 0 Å². The number of nitrogens with one attached hydrogen (secondary N) is 2. The zero-order valence-electron chi connectivity index (χ0n) is 12.7. The number of fused-ring (bicyclic) bond motifs is 1. The van der Waals surface area contributed by atoms with Crippen LogP contribution in [0.4, 0.5) is 4.39 Å². The molecule has 1 aliphatic rings. The summed E-state index contributed by atoms with van der Waals surface area (Å²) in [7, 11) is 0. The van der Waals surface area contributed by atoms with Gasteiger partial charge in [-0.3, -0.25) is 9.59 Å². The van der Waals surface area contributed by atoms with Crippen LogP contribution in [0.5, 0.6) is 0 Å². The highest BCUT2D eigenvalue weighted by molar-refractivity contribution is 5.94. The number of rotatable bonds is 3. The van der Waals surface area contributed by atoms with E-state index in [1.807, 2.05) is 0 Å². The average Bonchev–Trinajstić information content (AvgIpc) is 2.54. The fraction of sp³-hybridized carbons (Fsp3) is 0.412. The molecular weight excluding hydrogens is 299 g/mol. The molecule has 0 aliphatic heterocycles. The van der Waals surface area contributed by atoms with Crippen molar-refractivity contribution in [3.8, 4) is 0 Å². The molecule has 122 valence electrons. The molecule has 1 aromatic heterocycles. The van der Waals surface area contributed by atoms with E-state index in [2.05, 4.69) is 10.3 Å². The Kier molecular flexibility index (Phi) is 4.17. The number of amides is 1. The van der Waals surface area contributed by atoms with E-state index in [0.717, 1.165) is 25.3 Å². The Morgan fingerprint density at radius 1 is 1.30 bits per heavy atom. The second kappa shape index (κ2) is 6.12. The maximum atomic E-state index is 13.8. The van der Waals surface area contributed by atoms with E-state index >= 15 is 0 Å². The molecular formula is C17H19FN2O3. The number of hydrogen-bond acceptors (Lipinski definition) is 3. The van der Waals surface area contributed by atoms with Crippen molar-refractivity contribution in [2.75, 3.05) is 6.54 Å². The Labute approximate surface area is 132 Å². The third-order valence-corrected chi connectivity index (χ3v) is 4.42. The van der Waals surface area contributed by atoms with E-state index < -0.39 is 22.8 Å². The Hall–Kier alpha value is -2.21. The quantitative estimate of drug-likeness (QED) is 0.810. The van der Waals surface area contributed by atoms with Gasteiger partial charge in [0, 0.05) is 18.0 Å². The van der Waals surface area contributed by atoms with Crippen molar-refractivity contribution in [2.45, 2.75) is 37.7 Å². The smallest absolute Gasteiger partial charge is 0.267 e. The predicted molar refractivity (Wildman–Crippen MR) is 84.9 cm³/mol. The summed E-state index contributed by atoms with van der Waals surface area (Å²) in [5, 5.41) is 13.2. The van der Waals surface area contributed by atoms with Crippen molar-refractivity contribution in [2.24, 2.45) is 0 Å². The molecule has 3 rings (SSSR count). The molecule has 1 aromatic carbocycles. The lowest BCUT2D eigenvalue weighted by molar-refractivity contribution is 0.00521. The molecule has 1 fully saturated rings. The number of pyridine rings is 1. The van der Waals surface area contributed by atoms with E-state index in [4.69, 9.17) is 0 Å². The summed E-state index contributed by atoms with van der Waals surface area (Å²) >= 11 is 0. The van der Waals surface area contributed by atoms with Gasteiger partial charge in [0.15, 0.2) is 5.43 Å². The first kappa shape index (κ1) is 15.7. The van der Waals surface area contributed by atoms with Crippen LogP contribution < -0.4 is 10.7 Å². The van der Waals surface area contributed by atoms with Crippen LogP contribution in [0.3, 0.4) is 0 Å². The molecule has 5 nitrogen and oxygen atoms in total. The second-order valence-corrected chi connectivity index (χ2v) is 6.18. The van der Waals surface area contributed by atoms with Crippen LogP contribution in [-0.4, -0.2) is 28.1 Å². The van der Waals surface area contributed by atoms with Gasteiger partial charge in [-0.05, 0) is 25.0 Å². The first-order valence-electron chi connectivity index (χ1n) is 7.81. The van der Waals surface area contributed by atoms with E-state index in [-0.39, 0.29) is 23.1 Å². The molecule has 6 heteroatoms. The molecule has 0 spiro atoms. The second-order valence-electron chi connectivity index (χ2n) is 6.18. The summed E-state index contributed by atoms with van der Waals surface area (Å²) in [6.07, 6.45) is 4.26. The van der Waals surface area contributed by atoms with Crippen LogP contribution in [0.15, 0.2) is 29.1 Å². The molecule has 1 heterocycles. The SMILES string of the molecule is O=C(NCC1(O)CCCCC1)c1cc(=O)c2cccc(F)c2[nH]1. The summed E-state index contributed by atoms with van der Waals surface area (Å²) in [5.41, 5.74) is -1.30. The number of halogens is 1. The fourth-order valence-corrected chi connectivity index (χ4v) is 3.09. The van der Waals surface area contributed by atoms with Crippen molar-refractivity contribution >= 4 is 16.8 Å². The van der Waals surface area contributed by atoms with Gasteiger partial charge in [-0.25, -0.2) is 4.39 Å². The van der Waals surface area contributed by atoms with Crippen molar-refractivity contribution in [1.82, 2.24) is 10.3 Å². The van der Waals surface area contributed by atoms with Crippen LogP contribution in [0.1, 0.15) is 42.6 Å². The van der Waals surface area contributed by atoms with Crippen molar-refractivity contribution in [3.05, 3.63) is 46.0 Å². The Morgan fingerprint density at radius 3 is 2.78 bits per heavy atom. The normalized spacial score (nSPS) is 17.1. The summed E-state index contributed by atoms with van der Waals surface area (Å²) < 4.78 is 13.8. The van der Waals surface area contributed by atoms with Gasteiger partial charge < -0.3 is 15.4 Å². The summed E-state index contributed by atoms with van der Waals surface area (Å²) in [4.78, 5) is 26.9. The van der Waals surface area contributed by atoms with Crippen molar-refractivity contribution < 1.29 is 14.3 Å². The molecule has 0 unspecified atom stereocenters. The minimum atomic E-state index is -0.893. The van der Waals surface area contributed by atoms with Crippen LogP contribution >= 0.6 is 0 Å². The van der Waals surface area contributed by atoms with Gasteiger partial charge >= 0.3 is 0 Å². The first-order valence-corrected chi connectivity index (χ1v) is 7.81. The molecule has 23 heavy (non-hydrogen) atoms. The van der Waals surface area contributed by atoms with Crippen LogP contribution in [-0.2, 0) is 0 Å². The van der Waals surface area contributed by atoms with Gasteiger partial charge in [0.25, 0.3) is 5.91 Å². The number of aromatic nitrogens is 1. The number of carbonyl (C=O) groups excluding carboxylic acids is 1. The van der Waals surface area contributed by atoms with Gasteiger partial charge in [0.1, 0.15) is 11.5 Å². The van der Waals surface area contributed by atoms with Gasteiger partial charge in [-0.2, -0.15) is 0 Å². The minimum absolute atomic E-state index is 0.00740. The standard InChI is InChI=1S/C17H19FN2O3/c18-12-6-4-5-11-14(21)9-13(20-15(11)12)16(22)19-10-17(23)7-2-1-3-8-17/h4-6,9,23H,1-3,7-8,10H2,(H,19,22)(H,20,21). The highest BCUT2D eigenvalue weighted by atomic mass is 19.1. The molecule has 0 atom stereocenters. The number of H-pyrrole nitrogens is 1. The summed E-state index contributed by atoms with van der Waals surface area (Å²) in [6, 6.07) is 5.33. The molecule has 0 bridgehead atoms. The lowest BCUT2D eigenvalue weighted by atomic mass is 9.85. The summed E-state index contributed by atoms with van der Waals surface area (Å²) in [5.74, 6) is -1.11. The molecule has 0 saturated heterocycles. The minimum Gasteiger partial charge on any atom is -0.388 e. The number of para-hydroxylation sites is 1. The molecule has 0 radical (unpaired) electrons. The fourth-order valence-electron chi connectivity index (χ4n) is 3.09. The van der Waals surface area contributed by atoms with Crippen molar-refractivity contribution in [3.63, 3.8) is 0 Å². The molecule has 1 aliphatic carbocycles.